The van der Waals surface area contributed by atoms with Crippen LogP contribution in [0.5, 0.6) is 0 Å². The molecule has 19 heavy (non-hydrogen) atoms. The van der Waals surface area contributed by atoms with Crippen molar-refractivity contribution in [3.8, 4) is 0 Å². The Hall–Kier alpha value is -1.45. The van der Waals surface area contributed by atoms with Gasteiger partial charge in [-0.05, 0) is 0 Å². The summed E-state index contributed by atoms with van der Waals surface area (Å²) < 4.78 is 20.0. The number of nitrogens with zero attached hydrogens (tertiary/aromatic N) is 2. The number of anilines is 1. The van der Waals surface area contributed by atoms with Crippen molar-refractivity contribution in [2.75, 3.05) is 17.7 Å². The molecule has 1 aliphatic heterocycles. The Morgan fingerprint density at radius 2 is 2.53 bits per heavy atom. The fraction of sp³-hybridized carbons (Fsp3) is 0.500. The van der Waals surface area contributed by atoms with E-state index in [1.165, 1.54) is 18.7 Å². The largest absolute Gasteiger partial charge is 0.393 e. The van der Waals surface area contributed by atoms with Gasteiger partial charge in [-0.3, -0.25) is 9.36 Å². The molecule has 0 saturated carbocycles. The highest BCUT2D eigenvalue weighted by Gasteiger charge is 2.28. The Bertz CT molecular complexity index is 550. The Morgan fingerprint density at radius 1 is 1.79 bits per heavy atom. The van der Waals surface area contributed by atoms with E-state index in [1.807, 2.05) is 0 Å². The summed E-state index contributed by atoms with van der Waals surface area (Å²) >= 11 is 1.32. The maximum atomic E-state index is 13.7. The second-order valence-electron chi connectivity index (χ2n) is 3.84. The van der Waals surface area contributed by atoms with Crippen LogP contribution in [0.2, 0.25) is 0 Å². The maximum Gasteiger partial charge on any atom is 0.351 e. The van der Waals surface area contributed by atoms with Crippen LogP contribution in [0.1, 0.15) is 13.2 Å². The molecule has 1 aromatic rings. The highest BCUT2D eigenvalue weighted by atomic mass is 32.2. The normalized spacial score (nSPS) is 22.5. The summed E-state index contributed by atoms with van der Waals surface area (Å²) in [6, 6.07) is 0. The van der Waals surface area contributed by atoms with Crippen molar-refractivity contribution in [2.45, 2.75) is 18.6 Å². The molecule has 2 heterocycles. The van der Waals surface area contributed by atoms with Crippen molar-refractivity contribution in [2.24, 2.45) is 0 Å². The Balaban J connectivity index is 2.26. The van der Waals surface area contributed by atoms with Crippen molar-refractivity contribution in [3.63, 3.8) is 0 Å². The number of aromatic nitrogens is 2. The first-order valence-corrected chi connectivity index (χ1v) is 6.50. The van der Waals surface area contributed by atoms with Gasteiger partial charge in [0, 0.05) is 12.7 Å². The van der Waals surface area contributed by atoms with Crippen LogP contribution < -0.4 is 11.0 Å². The average molecular weight is 289 g/mol. The Morgan fingerprint density at radius 3 is 3.11 bits per heavy atom. The maximum absolute atomic E-state index is 13.7. The van der Waals surface area contributed by atoms with Crippen LogP contribution >= 0.6 is 11.8 Å². The van der Waals surface area contributed by atoms with Crippen LogP contribution in [0.4, 0.5) is 10.2 Å². The molecule has 104 valence electrons. The number of hydrogen-bond donors (Lipinski definition) is 2. The quantitative estimate of drug-likeness (QED) is 0.808. The van der Waals surface area contributed by atoms with Gasteiger partial charge in [-0.15, -0.1) is 11.8 Å². The molecule has 9 heteroatoms. The van der Waals surface area contributed by atoms with E-state index in [2.05, 4.69) is 10.3 Å². The average Bonchev–Trinajstić information content (AvgIpc) is 2.81. The second-order valence-corrected chi connectivity index (χ2v) is 5.04. The first-order chi connectivity index (χ1) is 9.01. The standard InChI is InChI=1S/C10H12FN3O4S/c1-5(16)12-9-6(11)2-14(10(17)13-9)7-4-19-8(3-15)18-7/h2,7-8,15H,3-4H2,1H3,(H,12,13,16,17)/t7-,8+/m1/s1. The van der Waals surface area contributed by atoms with Crippen molar-refractivity contribution in [1.29, 1.82) is 0 Å². The third-order valence-electron chi connectivity index (χ3n) is 2.39. The van der Waals surface area contributed by atoms with Crippen LogP contribution in [0.15, 0.2) is 11.0 Å². The van der Waals surface area contributed by atoms with Gasteiger partial charge in [0.1, 0.15) is 11.7 Å². The fourth-order valence-electron chi connectivity index (χ4n) is 1.59. The molecule has 0 unspecified atom stereocenters. The molecule has 2 rings (SSSR count). The smallest absolute Gasteiger partial charge is 0.351 e. The van der Waals surface area contributed by atoms with Gasteiger partial charge in [0.2, 0.25) is 5.91 Å². The summed E-state index contributed by atoms with van der Waals surface area (Å²) in [4.78, 5) is 26.0. The van der Waals surface area contributed by atoms with E-state index in [0.29, 0.717) is 5.75 Å². The van der Waals surface area contributed by atoms with Gasteiger partial charge in [-0.1, -0.05) is 0 Å². The third-order valence-corrected chi connectivity index (χ3v) is 3.50. The minimum absolute atomic E-state index is 0.185. The summed E-state index contributed by atoms with van der Waals surface area (Å²) in [7, 11) is 0. The molecule has 0 spiro atoms. The van der Waals surface area contributed by atoms with E-state index in [4.69, 9.17) is 9.84 Å². The highest BCUT2D eigenvalue weighted by molar-refractivity contribution is 8.00. The zero-order valence-corrected chi connectivity index (χ0v) is 10.8. The number of aliphatic hydroxyl groups is 1. The molecular formula is C10H12FN3O4S. The number of nitrogens with one attached hydrogen (secondary N) is 1. The predicted molar refractivity (Wildman–Crippen MR) is 66.2 cm³/mol. The number of thioether (sulfide) groups is 1. The van der Waals surface area contributed by atoms with Crippen molar-refractivity contribution in [1.82, 2.24) is 9.55 Å². The third kappa shape index (κ3) is 3.11. The molecule has 1 aromatic heterocycles. The number of ether oxygens (including phenoxy) is 1. The van der Waals surface area contributed by atoms with Gasteiger partial charge in [0.05, 0.1) is 12.8 Å². The van der Waals surface area contributed by atoms with E-state index in [9.17, 15) is 14.0 Å². The molecule has 0 aliphatic carbocycles. The fourth-order valence-corrected chi connectivity index (χ4v) is 2.52. The molecule has 7 nitrogen and oxygen atoms in total. The number of hydrogen-bond acceptors (Lipinski definition) is 6. The number of rotatable bonds is 3. The summed E-state index contributed by atoms with van der Waals surface area (Å²) in [6.07, 6.45) is 0.258. The van der Waals surface area contributed by atoms with Crippen LogP contribution in [0, 0.1) is 5.82 Å². The second kappa shape index (κ2) is 5.68. The molecule has 0 radical (unpaired) electrons. The number of aliphatic hydroxyl groups excluding tert-OH is 1. The topological polar surface area (TPSA) is 93.5 Å². The van der Waals surface area contributed by atoms with Crippen LogP contribution in [-0.2, 0) is 9.53 Å². The predicted octanol–water partition coefficient (Wildman–Crippen LogP) is -0.0788. The van der Waals surface area contributed by atoms with Crippen molar-refractivity contribution < 1.29 is 19.0 Å². The lowest BCUT2D eigenvalue weighted by Gasteiger charge is -2.14. The van der Waals surface area contributed by atoms with Crippen molar-refractivity contribution in [3.05, 3.63) is 22.5 Å². The lowest BCUT2D eigenvalue weighted by molar-refractivity contribution is -0.114. The molecule has 1 aliphatic rings. The zero-order valence-electron chi connectivity index (χ0n) is 10.00. The van der Waals surface area contributed by atoms with E-state index in [0.717, 1.165) is 10.8 Å². The molecular weight excluding hydrogens is 277 g/mol. The summed E-state index contributed by atoms with van der Waals surface area (Å²) in [6.45, 7) is 1.00. The SMILES string of the molecule is CC(=O)Nc1nc(=O)n([C@H]2CS[C@@H](CO)O2)cc1F. The van der Waals surface area contributed by atoms with E-state index in [1.54, 1.807) is 0 Å². The zero-order chi connectivity index (χ0) is 14.0. The summed E-state index contributed by atoms with van der Waals surface area (Å²) in [5.41, 5.74) is -1.16. The minimum Gasteiger partial charge on any atom is -0.393 e. The molecule has 0 bridgehead atoms. The molecule has 1 fully saturated rings. The van der Waals surface area contributed by atoms with Gasteiger partial charge >= 0.3 is 5.69 Å². The summed E-state index contributed by atoms with van der Waals surface area (Å²) in [5, 5.41) is 11.1. The van der Waals surface area contributed by atoms with Crippen LogP contribution in [0.25, 0.3) is 0 Å². The minimum atomic E-state index is -0.823. The Labute approximate surface area is 111 Å². The van der Waals surface area contributed by atoms with Gasteiger partial charge in [-0.25, -0.2) is 9.18 Å². The molecule has 1 saturated heterocycles. The monoisotopic (exact) mass is 289 g/mol. The number of carbonyl (C=O) groups excluding carboxylic acids is 1. The number of amides is 1. The first kappa shape index (κ1) is 14.0. The van der Waals surface area contributed by atoms with E-state index >= 15 is 0 Å². The molecule has 2 atom stereocenters. The highest BCUT2D eigenvalue weighted by Crippen LogP contribution is 2.30. The Kier molecular flexibility index (Phi) is 4.17. The lowest BCUT2D eigenvalue weighted by Crippen LogP contribution is -2.30. The van der Waals surface area contributed by atoms with Crippen molar-refractivity contribution >= 4 is 23.5 Å². The molecule has 0 aromatic carbocycles. The van der Waals surface area contributed by atoms with Gasteiger partial charge < -0.3 is 15.2 Å². The van der Waals surface area contributed by atoms with Gasteiger partial charge in [0.25, 0.3) is 0 Å². The number of halogens is 1. The molecule has 2 N–H and O–H groups in total. The van der Waals surface area contributed by atoms with Crippen LogP contribution in [0.3, 0.4) is 0 Å². The number of carbonyl (C=O) groups is 1. The summed E-state index contributed by atoms with van der Waals surface area (Å²) in [5.74, 6) is -1.34. The van der Waals surface area contributed by atoms with Crippen LogP contribution in [-0.4, -0.2) is 38.4 Å². The lowest BCUT2D eigenvalue weighted by atomic mass is 10.5. The first-order valence-electron chi connectivity index (χ1n) is 5.45. The van der Waals surface area contributed by atoms with Gasteiger partial charge in [-0.2, -0.15) is 4.98 Å². The van der Waals surface area contributed by atoms with E-state index in [-0.39, 0.29) is 6.61 Å². The van der Waals surface area contributed by atoms with Gasteiger partial charge in [0.15, 0.2) is 11.6 Å². The molecule has 1 amide bonds. The van der Waals surface area contributed by atoms with E-state index < -0.39 is 34.9 Å².